The highest BCUT2D eigenvalue weighted by molar-refractivity contribution is 5.80. The fourth-order valence-corrected chi connectivity index (χ4v) is 2.12. The first-order chi connectivity index (χ1) is 9.13. The summed E-state index contributed by atoms with van der Waals surface area (Å²) in [6, 6.07) is 6.07. The molecule has 0 saturated carbocycles. The van der Waals surface area contributed by atoms with Crippen molar-refractivity contribution < 1.29 is 14.0 Å². The lowest BCUT2D eigenvalue weighted by Gasteiger charge is -2.23. The van der Waals surface area contributed by atoms with Gasteiger partial charge in [0, 0.05) is 25.4 Å². The van der Waals surface area contributed by atoms with E-state index in [0.717, 1.165) is 12.0 Å². The molecule has 1 unspecified atom stereocenters. The zero-order valence-corrected chi connectivity index (χ0v) is 10.6. The second-order valence-corrected chi connectivity index (χ2v) is 4.73. The van der Waals surface area contributed by atoms with E-state index < -0.39 is 0 Å². The van der Waals surface area contributed by atoms with Crippen molar-refractivity contribution in [2.24, 2.45) is 0 Å². The molecule has 0 bridgehead atoms. The van der Waals surface area contributed by atoms with E-state index in [-0.39, 0.29) is 23.7 Å². The molecule has 19 heavy (non-hydrogen) atoms. The number of amides is 2. The molecule has 1 saturated heterocycles. The van der Waals surface area contributed by atoms with Crippen LogP contribution in [0.4, 0.5) is 4.39 Å². The molecule has 1 fully saturated rings. The molecular weight excluding hydrogens is 247 g/mol. The summed E-state index contributed by atoms with van der Waals surface area (Å²) in [6.45, 7) is 0.613. The second-order valence-electron chi connectivity index (χ2n) is 4.73. The topological polar surface area (TPSA) is 58.2 Å². The maximum atomic E-state index is 12.7. The van der Waals surface area contributed by atoms with Crippen LogP contribution in [-0.4, -0.2) is 24.4 Å². The van der Waals surface area contributed by atoms with Gasteiger partial charge in [0.25, 0.3) is 0 Å². The molecule has 5 heteroatoms. The zero-order chi connectivity index (χ0) is 13.7. The highest BCUT2D eigenvalue weighted by Crippen LogP contribution is 2.07. The highest BCUT2D eigenvalue weighted by atomic mass is 19.1. The monoisotopic (exact) mass is 264 g/mol. The smallest absolute Gasteiger partial charge is 0.222 e. The maximum Gasteiger partial charge on any atom is 0.222 e. The van der Waals surface area contributed by atoms with Crippen LogP contribution in [-0.2, 0) is 16.0 Å². The standard InChI is InChI=1S/C14H17FN2O2/c15-11-4-1-10(2-5-11)3-6-13(18)17-12-7-8-16-14(19)9-12/h1-2,4-5,12H,3,6-9H2,(H,16,19)(H,17,18). The van der Waals surface area contributed by atoms with Gasteiger partial charge in [0.1, 0.15) is 5.82 Å². The SMILES string of the molecule is O=C1CC(NC(=O)CCc2ccc(F)cc2)CCN1. The van der Waals surface area contributed by atoms with Crippen molar-refractivity contribution in [3.63, 3.8) is 0 Å². The minimum atomic E-state index is -0.276. The van der Waals surface area contributed by atoms with Gasteiger partial charge in [-0.1, -0.05) is 12.1 Å². The number of hydrogen-bond acceptors (Lipinski definition) is 2. The number of carbonyl (C=O) groups is 2. The van der Waals surface area contributed by atoms with Crippen LogP contribution in [0.3, 0.4) is 0 Å². The molecule has 1 aromatic rings. The summed E-state index contributed by atoms with van der Waals surface area (Å²) in [6.07, 6.45) is 2.05. The number of rotatable bonds is 4. The summed E-state index contributed by atoms with van der Waals surface area (Å²) in [7, 11) is 0. The first kappa shape index (κ1) is 13.5. The van der Waals surface area contributed by atoms with Crippen LogP contribution < -0.4 is 10.6 Å². The molecule has 2 rings (SSSR count). The predicted molar refractivity (Wildman–Crippen MR) is 68.9 cm³/mol. The van der Waals surface area contributed by atoms with Gasteiger partial charge in [-0.2, -0.15) is 0 Å². The Hall–Kier alpha value is -1.91. The molecule has 0 aromatic heterocycles. The number of piperidine rings is 1. The Kier molecular flexibility index (Phi) is 4.49. The van der Waals surface area contributed by atoms with Crippen molar-refractivity contribution in [1.29, 1.82) is 0 Å². The predicted octanol–water partition coefficient (Wildman–Crippen LogP) is 1.15. The third-order valence-corrected chi connectivity index (χ3v) is 3.17. The van der Waals surface area contributed by atoms with Gasteiger partial charge in [-0.3, -0.25) is 9.59 Å². The van der Waals surface area contributed by atoms with Crippen molar-refractivity contribution in [3.8, 4) is 0 Å². The third kappa shape index (κ3) is 4.35. The lowest BCUT2D eigenvalue weighted by molar-refractivity contribution is -0.124. The summed E-state index contributed by atoms with van der Waals surface area (Å²) in [5, 5.41) is 5.58. The van der Waals surface area contributed by atoms with Crippen molar-refractivity contribution in [2.45, 2.75) is 31.7 Å². The van der Waals surface area contributed by atoms with E-state index in [0.29, 0.717) is 25.8 Å². The Morgan fingerprint density at radius 1 is 1.37 bits per heavy atom. The van der Waals surface area contributed by atoms with Gasteiger partial charge >= 0.3 is 0 Å². The Bertz CT molecular complexity index is 459. The molecule has 0 radical (unpaired) electrons. The lowest BCUT2D eigenvalue weighted by atomic mass is 10.1. The molecule has 0 aliphatic carbocycles. The molecule has 4 nitrogen and oxygen atoms in total. The molecule has 1 atom stereocenters. The van der Waals surface area contributed by atoms with E-state index in [2.05, 4.69) is 10.6 Å². The Morgan fingerprint density at radius 2 is 2.11 bits per heavy atom. The second kappa shape index (κ2) is 6.31. The van der Waals surface area contributed by atoms with E-state index in [1.54, 1.807) is 12.1 Å². The summed E-state index contributed by atoms with van der Waals surface area (Å²) in [5.41, 5.74) is 0.929. The summed E-state index contributed by atoms with van der Waals surface area (Å²) < 4.78 is 12.7. The quantitative estimate of drug-likeness (QED) is 0.857. The minimum Gasteiger partial charge on any atom is -0.356 e. The lowest BCUT2D eigenvalue weighted by Crippen LogP contribution is -2.45. The highest BCUT2D eigenvalue weighted by Gasteiger charge is 2.20. The molecule has 1 aliphatic heterocycles. The molecule has 2 N–H and O–H groups in total. The van der Waals surface area contributed by atoms with Gasteiger partial charge in [-0.25, -0.2) is 4.39 Å². The van der Waals surface area contributed by atoms with Crippen molar-refractivity contribution in [3.05, 3.63) is 35.6 Å². The van der Waals surface area contributed by atoms with Gasteiger partial charge in [0.05, 0.1) is 0 Å². The first-order valence-corrected chi connectivity index (χ1v) is 6.44. The van der Waals surface area contributed by atoms with E-state index >= 15 is 0 Å². The molecule has 2 amide bonds. The van der Waals surface area contributed by atoms with Gasteiger partial charge in [-0.15, -0.1) is 0 Å². The number of hydrogen-bond donors (Lipinski definition) is 2. The van der Waals surface area contributed by atoms with Crippen LogP contribution in [0.25, 0.3) is 0 Å². The van der Waals surface area contributed by atoms with Gasteiger partial charge in [0.2, 0.25) is 11.8 Å². The van der Waals surface area contributed by atoms with Gasteiger partial charge in [-0.05, 0) is 30.5 Å². The number of benzene rings is 1. The fraction of sp³-hybridized carbons (Fsp3) is 0.429. The van der Waals surface area contributed by atoms with Crippen LogP contribution in [0.1, 0.15) is 24.8 Å². The molecule has 1 aromatic carbocycles. The largest absolute Gasteiger partial charge is 0.356 e. The van der Waals surface area contributed by atoms with E-state index in [1.165, 1.54) is 12.1 Å². The van der Waals surface area contributed by atoms with Crippen LogP contribution in [0.2, 0.25) is 0 Å². The number of halogens is 1. The molecule has 1 aliphatic rings. The number of nitrogens with one attached hydrogen (secondary N) is 2. The van der Waals surface area contributed by atoms with Crippen LogP contribution in [0.5, 0.6) is 0 Å². The fourth-order valence-electron chi connectivity index (χ4n) is 2.12. The normalized spacial score (nSPS) is 18.8. The summed E-state index contributed by atoms with van der Waals surface area (Å²) in [4.78, 5) is 22.9. The van der Waals surface area contributed by atoms with E-state index in [4.69, 9.17) is 0 Å². The average Bonchev–Trinajstić information content (AvgIpc) is 2.38. The van der Waals surface area contributed by atoms with Gasteiger partial charge < -0.3 is 10.6 Å². The van der Waals surface area contributed by atoms with Crippen LogP contribution >= 0.6 is 0 Å². The minimum absolute atomic E-state index is 0.0184. The van der Waals surface area contributed by atoms with Crippen LogP contribution in [0, 0.1) is 5.82 Å². The summed E-state index contributed by atoms with van der Waals surface area (Å²) in [5.74, 6) is -0.361. The first-order valence-electron chi connectivity index (χ1n) is 6.44. The molecule has 1 heterocycles. The van der Waals surface area contributed by atoms with Crippen molar-refractivity contribution in [2.75, 3.05) is 6.54 Å². The zero-order valence-electron chi connectivity index (χ0n) is 10.6. The summed E-state index contributed by atoms with van der Waals surface area (Å²) >= 11 is 0. The van der Waals surface area contributed by atoms with Gasteiger partial charge in [0.15, 0.2) is 0 Å². The Balaban J connectivity index is 1.75. The average molecular weight is 264 g/mol. The third-order valence-electron chi connectivity index (χ3n) is 3.17. The van der Waals surface area contributed by atoms with Crippen LogP contribution in [0.15, 0.2) is 24.3 Å². The molecular formula is C14H17FN2O2. The Labute approximate surface area is 111 Å². The number of aryl methyl sites for hydroxylation is 1. The van der Waals surface area contributed by atoms with Crippen molar-refractivity contribution in [1.82, 2.24) is 10.6 Å². The molecule has 102 valence electrons. The van der Waals surface area contributed by atoms with E-state index in [1.807, 2.05) is 0 Å². The maximum absolute atomic E-state index is 12.7. The molecule has 0 spiro atoms. The number of carbonyl (C=O) groups excluding carboxylic acids is 2. The van der Waals surface area contributed by atoms with Crippen molar-refractivity contribution >= 4 is 11.8 Å². The Morgan fingerprint density at radius 3 is 2.79 bits per heavy atom. The van der Waals surface area contributed by atoms with E-state index in [9.17, 15) is 14.0 Å².